The first-order valence-electron chi connectivity index (χ1n) is 16.2. The van der Waals surface area contributed by atoms with E-state index in [1.54, 1.807) is 7.11 Å². The lowest BCUT2D eigenvalue weighted by atomic mass is 9.83. The fourth-order valence-corrected chi connectivity index (χ4v) is 7.19. The van der Waals surface area contributed by atoms with Gasteiger partial charge in [-0.25, -0.2) is 0 Å². The summed E-state index contributed by atoms with van der Waals surface area (Å²) in [4.78, 5) is 16.7. The SMILES string of the molecule is COCCc1ccc(C)c(CN(C(=O)C2=C(c3ccc(OCCOc4c(Cl)cc(C)cc4Cl)cc3)C[C@@H]3CNC[C@H]2N3)C2CC2)c1. The lowest BCUT2D eigenvalue weighted by Crippen LogP contribution is -2.60. The fraction of sp³-hybridized carbons (Fsp3) is 0.432. The van der Waals surface area contributed by atoms with Crippen LogP contribution in [0, 0.1) is 13.8 Å². The monoisotopic (exact) mass is 663 g/mol. The second kappa shape index (κ2) is 14.8. The molecule has 0 unspecified atom stereocenters. The second-order valence-corrected chi connectivity index (χ2v) is 13.4. The van der Waals surface area contributed by atoms with E-state index in [9.17, 15) is 4.79 Å². The van der Waals surface area contributed by atoms with Gasteiger partial charge in [-0.1, -0.05) is 53.5 Å². The standard InChI is InChI=1S/C37H43Cl2N3O4/c1-23-16-32(38)36(33(39)17-23)46-15-14-45-30-10-6-26(7-11-30)31-19-28-20-40-21-34(41-28)35(31)37(43)42(29-8-9-29)22-27-18-25(12-13-44-3)5-4-24(27)2/h4-7,10-11,16-18,28-29,34,40-41H,8-9,12-15,19-22H2,1-3H3/t28-,34-/m1/s1. The van der Waals surface area contributed by atoms with Crippen LogP contribution in [-0.2, 0) is 22.5 Å². The highest BCUT2D eigenvalue weighted by Crippen LogP contribution is 2.37. The average molecular weight is 665 g/mol. The zero-order valence-electron chi connectivity index (χ0n) is 26.8. The number of benzene rings is 3. The van der Waals surface area contributed by atoms with Gasteiger partial charge in [0.1, 0.15) is 19.0 Å². The predicted octanol–water partition coefficient (Wildman–Crippen LogP) is 6.54. The zero-order chi connectivity index (χ0) is 32.2. The van der Waals surface area contributed by atoms with Crippen LogP contribution in [0.15, 0.2) is 60.2 Å². The minimum absolute atomic E-state index is 0.0288. The highest BCUT2D eigenvalue weighted by atomic mass is 35.5. The van der Waals surface area contributed by atoms with E-state index in [1.165, 1.54) is 16.7 Å². The van der Waals surface area contributed by atoms with Gasteiger partial charge in [-0.15, -0.1) is 0 Å². The number of carbonyl (C=O) groups is 1. The Labute approximate surface area is 282 Å². The normalized spacial score (nSPS) is 19.2. The van der Waals surface area contributed by atoms with Crippen LogP contribution in [0.1, 0.15) is 47.1 Å². The molecule has 1 amide bonds. The number of nitrogens with one attached hydrogen (secondary N) is 2. The lowest BCUT2D eigenvalue weighted by molar-refractivity contribution is -0.128. The average Bonchev–Trinajstić information content (AvgIpc) is 3.88. The Morgan fingerprint density at radius 1 is 0.935 bits per heavy atom. The van der Waals surface area contributed by atoms with Crippen molar-refractivity contribution in [1.82, 2.24) is 15.5 Å². The highest BCUT2D eigenvalue weighted by Gasteiger charge is 2.41. The molecule has 244 valence electrons. The number of aryl methyl sites for hydroxylation is 2. The van der Waals surface area contributed by atoms with E-state index in [-0.39, 0.29) is 24.0 Å². The van der Waals surface area contributed by atoms with Crippen molar-refractivity contribution >= 4 is 34.7 Å². The van der Waals surface area contributed by atoms with Crippen LogP contribution >= 0.6 is 23.2 Å². The van der Waals surface area contributed by atoms with Gasteiger partial charge in [-0.3, -0.25) is 4.79 Å². The van der Waals surface area contributed by atoms with E-state index >= 15 is 0 Å². The molecule has 6 rings (SSSR count). The van der Waals surface area contributed by atoms with Crippen LogP contribution in [0.2, 0.25) is 10.0 Å². The Hall–Kier alpha value is -3.07. The van der Waals surface area contributed by atoms with Crippen LogP contribution < -0.4 is 20.1 Å². The molecule has 2 aliphatic heterocycles. The molecule has 2 heterocycles. The molecule has 1 saturated carbocycles. The first-order chi connectivity index (χ1) is 22.3. The van der Waals surface area contributed by atoms with Crippen molar-refractivity contribution in [3.05, 3.63) is 98.0 Å². The lowest BCUT2D eigenvalue weighted by Gasteiger charge is -2.41. The number of hydrogen-bond donors (Lipinski definition) is 2. The third-order valence-electron chi connectivity index (χ3n) is 9.07. The van der Waals surface area contributed by atoms with Gasteiger partial charge in [-0.2, -0.15) is 0 Å². The van der Waals surface area contributed by atoms with Gasteiger partial charge in [0.25, 0.3) is 5.91 Å². The van der Waals surface area contributed by atoms with Gasteiger partial charge >= 0.3 is 0 Å². The number of halogens is 2. The third-order valence-corrected chi connectivity index (χ3v) is 9.63. The molecule has 7 nitrogen and oxygen atoms in total. The third kappa shape index (κ3) is 7.72. The number of amides is 1. The molecule has 2 atom stereocenters. The molecule has 0 spiro atoms. The minimum Gasteiger partial charge on any atom is -0.490 e. The molecule has 0 aromatic heterocycles. The van der Waals surface area contributed by atoms with Gasteiger partial charge in [0.2, 0.25) is 0 Å². The molecule has 1 saturated heterocycles. The van der Waals surface area contributed by atoms with Crippen LogP contribution in [0.25, 0.3) is 5.57 Å². The summed E-state index contributed by atoms with van der Waals surface area (Å²) in [5.41, 5.74) is 7.72. The zero-order valence-corrected chi connectivity index (χ0v) is 28.3. The summed E-state index contributed by atoms with van der Waals surface area (Å²) in [6.07, 6.45) is 3.75. The number of methoxy groups -OCH3 is 1. The number of hydrogen-bond acceptors (Lipinski definition) is 6. The summed E-state index contributed by atoms with van der Waals surface area (Å²) < 4.78 is 17.1. The molecule has 3 aliphatic rings. The van der Waals surface area contributed by atoms with Crippen molar-refractivity contribution in [2.75, 3.05) is 40.0 Å². The van der Waals surface area contributed by atoms with Crippen molar-refractivity contribution in [3.8, 4) is 11.5 Å². The first-order valence-corrected chi connectivity index (χ1v) is 17.0. The summed E-state index contributed by atoms with van der Waals surface area (Å²) in [6.45, 7) is 7.64. The van der Waals surface area contributed by atoms with E-state index in [1.807, 2.05) is 31.2 Å². The second-order valence-electron chi connectivity index (χ2n) is 12.6. The number of fused-ring (bicyclic) bond motifs is 2. The van der Waals surface area contributed by atoms with E-state index in [0.29, 0.717) is 42.2 Å². The summed E-state index contributed by atoms with van der Waals surface area (Å²) in [7, 11) is 1.73. The largest absolute Gasteiger partial charge is 0.490 e. The van der Waals surface area contributed by atoms with Crippen molar-refractivity contribution < 1.29 is 19.0 Å². The summed E-state index contributed by atoms with van der Waals surface area (Å²) in [5.74, 6) is 1.35. The Morgan fingerprint density at radius 3 is 2.39 bits per heavy atom. The first kappa shape index (κ1) is 32.9. The van der Waals surface area contributed by atoms with Crippen LogP contribution in [0.5, 0.6) is 11.5 Å². The van der Waals surface area contributed by atoms with Gasteiger partial charge in [0.15, 0.2) is 5.75 Å². The molecule has 2 fully saturated rings. The van der Waals surface area contributed by atoms with E-state index in [0.717, 1.165) is 66.8 Å². The fourth-order valence-electron chi connectivity index (χ4n) is 6.48. The molecule has 0 radical (unpaired) electrons. The number of carbonyl (C=O) groups excluding carboxylic acids is 1. The molecule has 2 bridgehead atoms. The maximum atomic E-state index is 14.6. The number of nitrogens with zero attached hydrogens (tertiary/aromatic N) is 1. The van der Waals surface area contributed by atoms with Crippen LogP contribution in [-0.4, -0.2) is 69.0 Å². The molecule has 1 aliphatic carbocycles. The molecular formula is C37H43Cl2N3O4. The predicted molar refractivity (Wildman–Crippen MR) is 184 cm³/mol. The summed E-state index contributed by atoms with van der Waals surface area (Å²) >= 11 is 12.6. The summed E-state index contributed by atoms with van der Waals surface area (Å²) in [6, 6.07) is 18.9. The van der Waals surface area contributed by atoms with Crippen LogP contribution in [0.3, 0.4) is 0 Å². The van der Waals surface area contributed by atoms with E-state index in [4.69, 9.17) is 37.4 Å². The Kier molecular flexibility index (Phi) is 10.6. The van der Waals surface area contributed by atoms with Gasteiger partial charge in [-0.05, 0) is 97.2 Å². The Balaban J connectivity index is 1.19. The topological polar surface area (TPSA) is 72.1 Å². The van der Waals surface area contributed by atoms with Gasteiger partial charge < -0.3 is 29.7 Å². The van der Waals surface area contributed by atoms with Crippen molar-refractivity contribution in [3.63, 3.8) is 0 Å². The Morgan fingerprint density at radius 2 is 1.67 bits per heavy atom. The number of ether oxygens (including phenoxy) is 3. The van der Waals surface area contributed by atoms with Crippen molar-refractivity contribution in [1.29, 1.82) is 0 Å². The molecule has 2 N–H and O–H groups in total. The highest BCUT2D eigenvalue weighted by molar-refractivity contribution is 6.37. The number of piperazine rings is 1. The smallest absolute Gasteiger partial charge is 0.252 e. The Bertz CT molecular complexity index is 1560. The van der Waals surface area contributed by atoms with E-state index < -0.39 is 0 Å². The minimum atomic E-state index is -0.0288. The van der Waals surface area contributed by atoms with Gasteiger partial charge in [0, 0.05) is 44.4 Å². The molecule has 46 heavy (non-hydrogen) atoms. The van der Waals surface area contributed by atoms with Gasteiger partial charge in [0.05, 0.1) is 22.7 Å². The van der Waals surface area contributed by atoms with Crippen molar-refractivity contribution in [2.45, 2.75) is 64.2 Å². The molecule has 9 heteroatoms. The van der Waals surface area contributed by atoms with Crippen molar-refractivity contribution in [2.24, 2.45) is 0 Å². The van der Waals surface area contributed by atoms with Crippen LogP contribution in [0.4, 0.5) is 0 Å². The molecular weight excluding hydrogens is 621 g/mol. The van der Waals surface area contributed by atoms with E-state index in [2.05, 4.69) is 52.8 Å². The summed E-state index contributed by atoms with van der Waals surface area (Å²) in [5, 5.41) is 8.25. The molecule has 3 aromatic rings. The molecule has 3 aromatic carbocycles. The maximum Gasteiger partial charge on any atom is 0.252 e. The number of rotatable bonds is 13. The maximum absolute atomic E-state index is 14.6. The quantitative estimate of drug-likeness (QED) is 0.203.